The molecular weight excluding hydrogens is 243 g/mol. The Morgan fingerprint density at radius 1 is 0.938 bits per heavy atom. The third-order valence-electron chi connectivity index (χ3n) is 1.58. The highest BCUT2D eigenvalue weighted by atomic mass is 19.4. The van der Waals surface area contributed by atoms with Gasteiger partial charge in [0.2, 0.25) is 0 Å². The van der Waals surface area contributed by atoms with Crippen LogP contribution in [-0.2, 0) is 0 Å². The molecule has 0 aromatic heterocycles. The largest absolute Gasteiger partial charge is 0.405 e. The maximum absolute atomic E-state index is 12.8. The van der Waals surface area contributed by atoms with E-state index in [1.165, 1.54) is 5.32 Å². The minimum absolute atomic E-state index is 0.0938. The lowest BCUT2D eigenvalue weighted by atomic mass is 10.2. The van der Waals surface area contributed by atoms with Gasteiger partial charge in [-0.2, -0.15) is 13.2 Å². The van der Waals surface area contributed by atoms with Gasteiger partial charge in [0.25, 0.3) is 0 Å². The van der Waals surface area contributed by atoms with Crippen LogP contribution in [0.25, 0.3) is 0 Å². The topological polar surface area (TPSA) is 12.0 Å². The first kappa shape index (κ1) is 12.6. The zero-order chi connectivity index (χ0) is 12.5. The number of hydrogen-bond donors (Lipinski definition) is 1. The van der Waals surface area contributed by atoms with Crippen LogP contribution in [0.3, 0.4) is 0 Å². The van der Waals surface area contributed by atoms with E-state index in [-0.39, 0.29) is 6.07 Å². The number of rotatable bonds is 2. The predicted octanol–water partition coefficient (Wildman–Crippen LogP) is 3.22. The van der Waals surface area contributed by atoms with Crippen molar-refractivity contribution in [3.63, 3.8) is 0 Å². The molecular formula is C8H4F7N. The van der Waals surface area contributed by atoms with E-state index in [1.54, 1.807) is 0 Å². The Hall–Kier alpha value is -1.47. The molecule has 0 aliphatic rings. The molecule has 0 saturated carbocycles. The standard InChI is InChI=1S/C8H4F7N/c9-3-1-4(10)6(12)7(5(3)11)16-2-8(13,14)15/h1,16H,2H2. The highest BCUT2D eigenvalue weighted by molar-refractivity contribution is 5.47. The van der Waals surface area contributed by atoms with E-state index in [9.17, 15) is 30.7 Å². The summed E-state index contributed by atoms with van der Waals surface area (Å²) >= 11 is 0. The van der Waals surface area contributed by atoms with Gasteiger partial charge in [-0.3, -0.25) is 0 Å². The number of benzene rings is 1. The van der Waals surface area contributed by atoms with E-state index in [0.29, 0.717) is 0 Å². The van der Waals surface area contributed by atoms with Crippen molar-refractivity contribution >= 4 is 5.69 Å². The quantitative estimate of drug-likeness (QED) is 0.625. The molecule has 8 heteroatoms. The zero-order valence-electron chi connectivity index (χ0n) is 7.43. The number of halogens is 7. The molecule has 0 saturated heterocycles. The van der Waals surface area contributed by atoms with Crippen LogP contribution in [0.5, 0.6) is 0 Å². The molecule has 0 heterocycles. The highest BCUT2D eigenvalue weighted by Crippen LogP contribution is 2.25. The summed E-state index contributed by atoms with van der Waals surface area (Å²) in [5.74, 6) is -7.35. The van der Waals surface area contributed by atoms with Gasteiger partial charge in [-0.15, -0.1) is 0 Å². The third-order valence-corrected chi connectivity index (χ3v) is 1.58. The Morgan fingerprint density at radius 3 is 1.75 bits per heavy atom. The molecule has 1 N–H and O–H groups in total. The van der Waals surface area contributed by atoms with E-state index < -0.39 is 41.7 Å². The molecule has 1 aromatic carbocycles. The molecule has 1 aromatic rings. The average Bonchev–Trinajstić information content (AvgIpc) is 2.13. The summed E-state index contributed by atoms with van der Waals surface area (Å²) in [6.45, 7) is -1.80. The molecule has 0 aliphatic carbocycles. The fourth-order valence-electron chi connectivity index (χ4n) is 0.917. The Morgan fingerprint density at radius 2 is 1.38 bits per heavy atom. The molecule has 0 fully saturated rings. The number of hydrogen-bond acceptors (Lipinski definition) is 1. The Balaban J connectivity index is 3.04. The first-order valence-electron chi connectivity index (χ1n) is 3.86. The smallest absolute Gasteiger partial charge is 0.372 e. The SMILES string of the molecule is Fc1cc(F)c(F)c(NCC(F)(F)F)c1F. The minimum atomic E-state index is -4.76. The summed E-state index contributed by atoms with van der Waals surface area (Å²) in [6.07, 6.45) is -4.76. The van der Waals surface area contributed by atoms with Crippen LogP contribution in [-0.4, -0.2) is 12.7 Å². The number of nitrogens with one attached hydrogen (secondary N) is 1. The summed E-state index contributed by atoms with van der Waals surface area (Å²) in [5.41, 5.74) is -1.48. The second-order valence-electron chi connectivity index (χ2n) is 2.81. The van der Waals surface area contributed by atoms with Gasteiger partial charge in [0.1, 0.15) is 12.2 Å². The van der Waals surface area contributed by atoms with E-state index >= 15 is 0 Å². The fourth-order valence-corrected chi connectivity index (χ4v) is 0.917. The van der Waals surface area contributed by atoms with Crippen LogP contribution in [0.2, 0.25) is 0 Å². The first-order valence-corrected chi connectivity index (χ1v) is 3.86. The summed E-state index contributed by atoms with van der Waals surface area (Å²) in [5, 5.41) is 1.25. The first-order chi connectivity index (χ1) is 7.22. The van der Waals surface area contributed by atoms with Crippen molar-refractivity contribution in [1.82, 2.24) is 0 Å². The van der Waals surface area contributed by atoms with Gasteiger partial charge >= 0.3 is 6.18 Å². The van der Waals surface area contributed by atoms with Crippen LogP contribution in [0.4, 0.5) is 36.4 Å². The molecule has 90 valence electrons. The van der Waals surface area contributed by atoms with Gasteiger partial charge in [0.15, 0.2) is 23.3 Å². The molecule has 0 bridgehead atoms. The van der Waals surface area contributed by atoms with Crippen LogP contribution >= 0.6 is 0 Å². The normalized spacial score (nSPS) is 11.7. The minimum Gasteiger partial charge on any atom is -0.372 e. The maximum Gasteiger partial charge on any atom is 0.405 e. The number of anilines is 1. The molecule has 1 nitrogen and oxygen atoms in total. The Kier molecular flexibility index (Phi) is 3.30. The van der Waals surface area contributed by atoms with Crippen molar-refractivity contribution in [2.45, 2.75) is 6.18 Å². The van der Waals surface area contributed by atoms with Crippen molar-refractivity contribution in [2.75, 3.05) is 11.9 Å². The molecule has 0 atom stereocenters. The molecule has 1 rings (SSSR count). The van der Waals surface area contributed by atoms with Gasteiger partial charge in [-0.1, -0.05) is 0 Å². The predicted molar refractivity (Wildman–Crippen MR) is 40.8 cm³/mol. The Bertz CT molecular complexity index is 372. The second-order valence-corrected chi connectivity index (χ2v) is 2.81. The van der Waals surface area contributed by atoms with Crippen molar-refractivity contribution in [1.29, 1.82) is 0 Å². The van der Waals surface area contributed by atoms with E-state index in [1.807, 2.05) is 0 Å². The van der Waals surface area contributed by atoms with Crippen LogP contribution < -0.4 is 5.32 Å². The molecule has 0 spiro atoms. The Labute approximate surface area is 84.9 Å². The third kappa shape index (κ3) is 2.77. The van der Waals surface area contributed by atoms with E-state index in [4.69, 9.17) is 0 Å². The van der Waals surface area contributed by atoms with E-state index in [2.05, 4.69) is 0 Å². The van der Waals surface area contributed by atoms with Gasteiger partial charge in [-0.25, -0.2) is 17.6 Å². The van der Waals surface area contributed by atoms with E-state index in [0.717, 1.165) is 0 Å². The van der Waals surface area contributed by atoms with Crippen molar-refractivity contribution in [3.8, 4) is 0 Å². The monoisotopic (exact) mass is 247 g/mol. The van der Waals surface area contributed by atoms with Crippen molar-refractivity contribution in [3.05, 3.63) is 29.3 Å². The summed E-state index contributed by atoms with van der Waals surface area (Å²) < 4.78 is 85.8. The lowest BCUT2D eigenvalue weighted by Crippen LogP contribution is -2.23. The van der Waals surface area contributed by atoms with Gasteiger partial charge in [0, 0.05) is 6.07 Å². The fraction of sp³-hybridized carbons (Fsp3) is 0.250. The maximum atomic E-state index is 12.8. The molecule has 0 aliphatic heterocycles. The summed E-state index contributed by atoms with van der Waals surface area (Å²) in [4.78, 5) is 0. The summed E-state index contributed by atoms with van der Waals surface area (Å²) in [7, 11) is 0. The second kappa shape index (κ2) is 4.18. The average molecular weight is 247 g/mol. The molecule has 0 unspecified atom stereocenters. The van der Waals surface area contributed by atoms with Crippen LogP contribution in [0.15, 0.2) is 6.07 Å². The van der Waals surface area contributed by atoms with Crippen molar-refractivity contribution < 1.29 is 30.7 Å². The lowest BCUT2D eigenvalue weighted by Gasteiger charge is -2.11. The highest BCUT2D eigenvalue weighted by Gasteiger charge is 2.29. The lowest BCUT2D eigenvalue weighted by molar-refractivity contribution is -0.115. The molecule has 16 heavy (non-hydrogen) atoms. The van der Waals surface area contributed by atoms with Gasteiger partial charge in [0.05, 0.1) is 0 Å². The zero-order valence-corrected chi connectivity index (χ0v) is 7.43. The molecule has 0 amide bonds. The molecule has 0 radical (unpaired) electrons. The van der Waals surface area contributed by atoms with Crippen molar-refractivity contribution in [2.24, 2.45) is 0 Å². The van der Waals surface area contributed by atoms with Crippen LogP contribution in [0.1, 0.15) is 0 Å². The summed E-state index contributed by atoms with van der Waals surface area (Å²) in [6, 6.07) is -0.0938. The number of alkyl halides is 3. The van der Waals surface area contributed by atoms with Gasteiger partial charge < -0.3 is 5.32 Å². The van der Waals surface area contributed by atoms with Gasteiger partial charge in [-0.05, 0) is 0 Å². The van der Waals surface area contributed by atoms with Crippen LogP contribution in [0, 0.1) is 23.3 Å².